The molecular formula is C17H31N3O4. The zero-order valence-corrected chi connectivity index (χ0v) is 15.0. The van der Waals surface area contributed by atoms with Crippen molar-refractivity contribution in [1.82, 2.24) is 15.5 Å². The second kappa shape index (κ2) is 8.16. The van der Waals surface area contributed by atoms with E-state index in [-0.39, 0.29) is 30.5 Å². The first-order valence-corrected chi connectivity index (χ1v) is 8.91. The van der Waals surface area contributed by atoms with Crippen LogP contribution in [0.1, 0.15) is 46.5 Å². The summed E-state index contributed by atoms with van der Waals surface area (Å²) < 4.78 is 5.18. The minimum Gasteiger partial charge on any atom is -0.444 e. The van der Waals surface area contributed by atoms with Crippen LogP contribution < -0.4 is 10.6 Å². The second-order valence-electron chi connectivity index (χ2n) is 7.81. The Morgan fingerprint density at radius 2 is 2.17 bits per heavy atom. The molecule has 3 atom stereocenters. The lowest BCUT2D eigenvalue weighted by atomic mass is 10.0. The number of nitrogens with zero attached hydrogens (tertiary/aromatic N) is 1. The van der Waals surface area contributed by atoms with Crippen molar-refractivity contribution in [2.24, 2.45) is 5.92 Å². The third-order valence-electron chi connectivity index (χ3n) is 4.53. The van der Waals surface area contributed by atoms with Gasteiger partial charge in [-0.2, -0.15) is 0 Å². The van der Waals surface area contributed by atoms with Gasteiger partial charge in [0, 0.05) is 38.2 Å². The zero-order valence-electron chi connectivity index (χ0n) is 15.0. The van der Waals surface area contributed by atoms with Crippen LogP contribution in [0.3, 0.4) is 0 Å². The zero-order chi connectivity index (χ0) is 17.7. The Labute approximate surface area is 144 Å². The molecule has 0 aromatic carbocycles. The van der Waals surface area contributed by atoms with E-state index in [9.17, 15) is 14.7 Å². The van der Waals surface area contributed by atoms with Crippen molar-refractivity contribution in [1.29, 1.82) is 0 Å². The molecule has 2 amide bonds. The Bertz CT molecular complexity index is 450. The van der Waals surface area contributed by atoms with Crippen LogP contribution in [0, 0.1) is 5.92 Å². The molecule has 7 heteroatoms. The molecule has 3 N–H and O–H groups in total. The topological polar surface area (TPSA) is 90.9 Å². The van der Waals surface area contributed by atoms with Gasteiger partial charge in [0.15, 0.2) is 0 Å². The van der Waals surface area contributed by atoms with E-state index in [4.69, 9.17) is 4.74 Å². The number of hydrogen-bond acceptors (Lipinski definition) is 5. The highest BCUT2D eigenvalue weighted by Crippen LogP contribution is 2.26. The number of rotatable bonds is 6. The molecule has 24 heavy (non-hydrogen) atoms. The number of alkyl carbamates (subject to hydrolysis) is 1. The van der Waals surface area contributed by atoms with Gasteiger partial charge in [-0.25, -0.2) is 4.79 Å². The number of amides is 2. The number of ether oxygens (including phenoxy) is 1. The number of aliphatic hydroxyl groups excluding tert-OH is 1. The predicted molar refractivity (Wildman–Crippen MR) is 90.6 cm³/mol. The maximum Gasteiger partial charge on any atom is 0.407 e. The summed E-state index contributed by atoms with van der Waals surface area (Å²) in [7, 11) is 0. The Morgan fingerprint density at radius 1 is 1.42 bits per heavy atom. The SMILES string of the molecule is CC(C)(C)OC(=O)NCCCC[C@@H]1NC[C@@H]2C[C@H](CO)CN2C1=O. The molecule has 0 bridgehead atoms. The van der Waals surface area contributed by atoms with Gasteiger partial charge < -0.3 is 25.4 Å². The van der Waals surface area contributed by atoms with E-state index in [1.54, 1.807) is 0 Å². The fourth-order valence-electron chi connectivity index (χ4n) is 3.38. The van der Waals surface area contributed by atoms with Crippen molar-refractivity contribution in [3.8, 4) is 0 Å². The number of fused-ring (bicyclic) bond motifs is 1. The van der Waals surface area contributed by atoms with Crippen LogP contribution in [-0.4, -0.2) is 65.9 Å². The van der Waals surface area contributed by atoms with E-state index in [1.807, 2.05) is 25.7 Å². The lowest BCUT2D eigenvalue weighted by Crippen LogP contribution is -2.57. The summed E-state index contributed by atoms with van der Waals surface area (Å²) in [4.78, 5) is 26.0. The first kappa shape index (κ1) is 19.0. The predicted octanol–water partition coefficient (Wildman–Crippen LogP) is 0.863. The van der Waals surface area contributed by atoms with Crippen molar-refractivity contribution in [2.75, 3.05) is 26.2 Å². The van der Waals surface area contributed by atoms with E-state index in [0.717, 1.165) is 32.2 Å². The van der Waals surface area contributed by atoms with Gasteiger partial charge in [-0.1, -0.05) is 0 Å². The largest absolute Gasteiger partial charge is 0.444 e. The number of unbranched alkanes of at least 4 members (excludes halogenated alkanes) is 1. The van der Waals surface area contributed by atoms with Crippen LogP contribution >= 0.6 is 0 Å². The summed E-state index contributed by atoms with van der Waals surface area (Å²) in [6.45, 7) is 7.69. The molecule has 7 nitrogen and oxygen atoms in total. The molecule has 0 radical (unpaired) electrons. The highest BCUT2D eigenvalue weighted by molar-refractivity contribution is 5.83. The van der Waals surface area contributed by atoms with Crippen LogP contribution in [0.25, 0.3) is 0 Å². The molecule has 2 rings (SSSR count). The highest BCUT2D eigenvalue weighted by atomic mass is 16.6. The minimum atomic E-state index is -0.485. The van der Waals surface area contributed by atoms with E-state index in [2.05, 4.69) is 10.6 Å². The van der Waals surface area contributed by atoms with Gasteiger partial charge in [0.05, 0.1) is 6.04 Å². The van der Waals surface area contributed by atoms with Gasteiger partial charge in [0.1, 0.15) is 5.60 Å². The summed E-state index contributed by atoms with van der Waals surface area (Å²) in [5.41, 5.74) is -0.485. The van der Waals surface area contributed by atoms with Gasteiger partial charge in [0.2, 0.25) is 5.91 Å². The number of hydrogen-bond donors (Lipinski definition) is 3. The standard InChI is InChI=1S/C17H31N3O4/c1-17(2,3)24-16(23)18-7-5-4-6-14-15(22)20-10-12(11-21)8-13(20)9-19-14/h12-14,19,21H,4-11H2,1-3H3,(H,18,23)/t12-,13-,14-/m0/s1. The average molecular weight is 341 g/mol. The molecule has 2 aliphatic rings. The molecule has 0 aliphatic carbocycles. The summed E-state index contributed by atoms with van der Waals surface area (Å²) in [6, 6.07) is 0.0972. The molecule has 2 heterocycles. The van der Waals surface area contributed by atoms with Crippen molar-refractivity contribution in [2.45, 2.75) is 64.1 Å². The maximum absolute atomic E-state index is 12.5. The molecule has 138 valence electrons. The van der Waals surface area contributed by atoms with E-state index >= 15 is 0 Å². The molecular weight excluding hydrogens is 310 g/mol. The average Bonchev–Trinajstić information content (AvgIpc) is 2.91. The molecule has 0 spiro atoms. The summed E-state index contributed by atoms with van der Waals surface area (Å²) in [6.07, 6.45) is 2.93. The second-order valence-corrected chi connectivity index (χ2v) is 7.81. The molecule has 2 saturated heterocycles. The Morgan fingerprint density at radius 3 is 2.83 bits per heavy atom. The summed E-state index contributed by atoms with van der Waals surface area (Å²) in [5.74, 6) is 0.375. The summed E-state index contributed by atoms with van der Waals surface area (Å²) >= 11 is 0. The number of nitrogens with one attached hydrogen (secondary N) is 2. The van der Waals surface area contributed by atoms with Gasteiger partial charge >= 0.3 is 6.09 Å². The van der Waals surface area contributed by atoms with Crippen LogP contribution in [0.5, 0.6) is 0 Å². The lowest BCUT2D eigenvalue weighted by Gasteiger charge is -2.35. The first-order chi connectivity index (χ1) is 11.3. The third kappa shape index (κ3) is 5.34. The molecule has 2 fully saturated rings. The normalized spacial score (nSPS) is 27.1. The molecule has 0 aromatic rings. The van der Waals surface area contributed by atoms with Crippen LogP contribution in [0.15, 0.2) is 0 Å². The summed E-state index contributed by atoms with van der Waals surface area (Å²) in [5, 5.41) is 15.3. The van der Waals surface area contributed by atoms with Crippen molar-refractivity contribution in [3.05, 3.63) is 0 Å². The molecule has 0 aromatic heterocycles. The van der Waals surface area contributed by atoms with Gasteiger partial charge in [0.25, 0.3) is 0 Å². The maximum atomic E-state index is 12.5. The third-order valence-corrected chi connectivity index (χ3v) is 4.53. The van der Waals surface area contributed by atoms with Crippen LogP contribution in [0.2, 0.25) is 0 Å². The van der Waals surface area contributed by atoms with Crippen molar-refractivity contribution >= 4 is 12.0 Å². The van der Waals surface area contributed by atoms with E-state index in [1.165, 1.54) is 0 Å². The fraction of sp³-hybridized carbons (Fsp3) is 0.882. The van der Waals surface area contributed by atoms with Crippen LogP contribution in [-0.2, 0) is 9.53 Å². The van der Waals surface area contributed by atoms with Gasteiger partial charge in [-0.15, -0.1) is 0 Å². The monoisotopic (exact) mass is 341 g/mol. The van der Waals surface area contributed by atoms with E-state index < -0.39 is 11.7 Å². The van der Waals surface area contributed by atoms with Crippen molar-refractivity contribution in [3.63, 3.8) is 0 Å². The lowest BCUT2D eigenvalue weighted by molar-refractivity contribution is -0.137. The molecule has 2 aliphatic heterocycles. The molecule has 0 saturated carbocycles. The number of carbonyl (C=O) groups is 2. The smallest absolute Gasteiger partial charge is 0.407 e. The fourth-order valence-corrected chi connectivity index (χ4v) is 3.38. The Hall–Kier alpha value is -1.34. The van der Waals surface area contributed by atoms with E-state index in [0.29, 0.717) is 13.1 Å². The Balaban J connectivity index is 1.63. The number of aliphatic hydroxyl groups is 1. The Kier molecular flexibility index (Phi) is 6.46. The van der Waals surface area contributed by atoms with Gasteiger partial charge in [-0.05, 0) is 46.5 Å². The first-order valence-electron chi connectivity index (χ1n) is 8.91. The quantitative estimate of drug-likeness (QED) is 0.624. The highest BCUT2D eigenvalue weighted by Gasteiger charge is 2.40. The number of carbonyl (C=O) groups excluding carboxylic acids is 2. The van der Waals surface area contributed by atoms with Gasteiger partial charge in [-0.3, -0.25) is 4.79 Å². The molecule has 0 unspecified atom stereocenters. The van der Waals surface area contributed by atoms with Crippen LogP contribution in [0.4, 0.5) is 4.79 Å². The number of piperazine rings is 1. The minimum absolute atomic E-state index is 0.139. The van der Waals surface area contributed by atoms with Crippen molar-refractivity contribution < 1.29 is 19.4 Å².